The predicted octanol–water partition coefficient (Wildman–Crippen LogP) is 3.54. The minimum atomic E-state index is -0.986. The fourth-order valence-corrected chi connectivity index (χ4v) is 2.82. The predicted molar refractivity (Wildman–Crippen MR) is 85.4 cm³/mol. The summed E-state index contributed by atoms with van der Waals surface area (Å²) in [6, 6.07) is 13.0. The van der Waals surface area contributed by atoms with E-state index in [1.54, 1.807) is 0 Å². The maximum atomic E-state index is 13.6. The van der Waals surface area contributed by atoms with Crippen molar-refractivity contribution < 1.29 is 23.8 Å². The van der Waals surface area contributed by atoms with Gasteiger partial charge in [-0.3, -0.25) is 9.69 Å². The Kier molecular flexibility index (Phi) is 4.46. The third kappa shape index (κ3) is 3.22. The molecule has 0 spiro atoms. The van der Waals surface area contributed by atoms with Crippen LogP contribution in [-0.2, 0) is 16.1 Å². The van der Waals surface area contributed by atoms with Crippen LogP contribution in [0.15, 0.2) is 48.5 Å². The zero-order valence-electron chi connectivity index (χ0n) is 12.8. The molecule has 1 heterocycles. The standard InChI is InChI=1S/C18H16FNO4/c19-13-6-7-14-15(17(21)22)8-9-20(16(14)10-13)18(23)24-11-12-4-2-1-3-5-12/h1-7,10,15H,8-9,11H2,(H,21,22). The number of carboxylic acids is 1. The summed E-state index contributed by atoms with van der Waals surface area (Å²) in [6.45, 7) is 0.268. The Balaban J connectivity index is 1.81. The molecule has 24 heavy (non-hydrogen) atoms. The summed E-state index contributed by atoms with van der Waals surface area (Å²) in [5, 5.41) is 9.30. The number of carbonyl (C=O) groups is 2. The number of aliphatic carboxylic acids is 1. The van der Waals surface area contributed by atoms with Crippen molar-refractivity contribution in [2.75, 3.05) is 11.4 Å². The fourth-order valence-electron chi connectivity index (χ4n) is 2.82. The molecular formula is C18H16FNO4. The van der Waals surface area contributed by atoms with E-state index in [0.29, 0.717) is 5.56 Å². The van der Waals surface area contributed by atoms with Crippen LogP contribution in [-0.4, -0.2) is 23.7 Å². The van der Waals surface area contributed by atoms with Gasteiger partial charge >= 0.3 is 12.1 Å². The number of halogens is 1. The molecule has 5 nitrogen and oxygen atoms in total. The lowest BCUT2D eigenvalue weighted by molar-refractivity contribution is -0.139. The van der Waals surface area contributed by atoms with Gasteiger partial charge in [0.1, 0.15) is 12.4 Å². The molecule has 0 aromatic heterocycles. The van der Waals surface area contributed by atoms with Crippen LogP contribution in [0.3, 0.4) is 0 Å². The van der Waals surface area contributed by atoms with Crippen LogP contribution >= 0.6 is 0 Å². The van der Waals surface area contributed by atoms with Crippen molar-refractivity contribution in [1.29, 1.82) is 0 Å². The number of benzene rings is 2. The summed E-state index contributed by atoms with van der Waals surface area (Å²) in [4.78, 5) is 25.0. The zero-order chi connectivity index (χ0) is 17.1. The first-order valence-electron chi connectivity index (χ1n) is 7.56. The van der Waals surface area contributed by atoms with Crippen molar-refractivity contribution in [3.63, 3.8) is 0 Å². The van der Waals surface area contributed by atoms with Crippen LogP contribution in [0.4, 0.5) is 14.9 Å². The zero-order valence-corrected chi connectivity index (χ0v) is 12.8. The number of hydrogen-bond donors (Lipinski definition) is 1. The SMILES string of the molecule is O=C(O)C1CCN(C(=O)OCc2ccccc2)c2cc(F)ccc21. The van der Waals surface area contributed by atoms with Gasteiger partial charge in [-0.25, -0.2) is 9.18 Å². The molecule has 6 heteroatoms. The number of ether oxygens (including phenoxy) is 1. The molecule has 2 aromatic rings. The lowest BCUT2D eigenvalue weighted by Gasteiger charge is -2.32. The van der Waals surface area contributed by atoms with Gasteiger partial charge in [-0.1, -0.05) is 36.4 Å². The van der Waals surface area contributed by atoms with E-state index in [0.717, 1.165) is 5.56 Å². The number of amides is 1. The average molecular weight is 329 g/mol. The van der Waals surface area contributed by atoms with Crippen LogP contribution < -0.4 is 4.90 Å². The molecule has 1 aliphatic heterocycles. The normalized spacial score (nSPS) is 16.4. The maximum Gasteiger partial charge on any atom is 0.414 e. The Morgan fingerprint density at radius 3 is 2.67 bits per heavy atom. The Bertz CT molecular complexity index is 763. The van der Waals surface area contributed by atoms with Gasteiger partial charge in [0.05, 0.1) is 11.6 Å². The van der Waals surface area contributed by atoms with Crippen molar-refractivity contribution in [2.45, 2.75) is 18.9 Å². The number of fused-ring (bicyclic) bond motifs is 1. The number of carbonyl (C=O) groups excluding carboxylic acids is 1. The Morgan fingerprint density at radius 1 is 1.21 bits per heavy atom. The summed E-state index contributed by atoms with van der Waals surface area (Å²) in [6.07, 6.45) is -0.358. The van der Waals surface area contributed by atoms with E-state index in [4.69, 9.17) is 4.74 Å². The first-order valence-corrected chi connectivity index (χ1v) is 7.56. The minimum absolute atomic E-state index is 0.100. The third-order valence-electron chi connectivity index (χ3n) is 4.02. The van der Waals surface area contributed by atoms with E-state index in [9.17, 15) is 19.1 Å². The van der Waals surface area contributed by atoms with Crippen molar-refractivity contribution in [1.82, 2.24) is 0 Å². The Morgan fingerprint density at radius 2 is 1.96 bits per heavy atom. The van der Waals surface area contributed by atoms with E-state index < -0.39 is 23.8 Å². The highest BCUT2D eigenvalue weighted by molar-refractivity contribution is 5.92. The summed E-state index contributed by atoms with van der Waals surface area (Å²) in [7, 11) is 0. The second-order valence-corrected chi connectivity index (χ2v) is 5.57. The summed E-state index contributed by atoms with van der Waals surface area (Å²) in [5.74, 6) is -2.26. The van der Waals surface area contributed by atoms with Gasteiger partial charge in [0.15, 0.2) is 0 Å². The van der Waals surface area contributed by atoms with Crippen LogP contribution in [0.1, 0.15) is 23.5 Å². The van der Waals surface area contributed by atoms with E-state index in [-0.39, 0.29) is 25.3 Å². The lowest BCUT2D eigenvalue weighted by atomic mass is 9.90. The van der Waals surface area contributed by atoms with E-state index in [1.807, 2.05) is 30.3 Å². The fraction of sp³-hybridized carbons (Fsp3) is 0.222. The van der Waals surface area contributed by atoms with Crippen molar-refractivity contribution >= 4 is 17.7 Å². The highest BCUT2D eigenvalue weighted by atomic mass is 19.1. The van der Waals surface area contributed by atoms with Crippen LogP contribution in [0, 0.1) is 5.82 Å². The molecule has 124 valence electrons. The van der Waals surface area contributed by atoms with Gasteiger partial charge in [0, 0.05) is 6.54 Å². The minimum Gasteiger partial charge on any atom is -0.481 e. The molecule has 1 atom stereocenters. The summed E-state index contributed by atoms with van der Waals surface area (Å²) in [5.41, 5.74) is 1.52. The number of carboxylic acid groups (broad SMARTS) is 1. The topological polar surface area (TPSA) is 66.8 Å². The number of nitrogens with zero attached hydrogens (tertiary/aromatic N) is 1. The van der Waals surface area contributed by atoms with Gasteiger partial charge in [-0.15, -0.1) is 0 Å². The van der Waals surface area contributed by atoms with Gasteiger partial charge in [-0.2, -0.15) is 0 Å². The molecule has 0 radical (unpaired) electrons. The second-order valence-electron chi connectivity index (χ2n) is 5.57. The molecule has 3 rings (SSSR count). The smallest absolute Gasteiger partial charge is 0.414 e. The van der Waals surface area contributed by atoms with Crippen LogP contribution in [0.5, 0.6) is 0 Å². The molecule has 0 saturated heterocycles. The second kappa shape index (κ2) is 6.70. The Hall–Kier alpha value is -2.89. The molecular weight excluding hydrogens is 313 g/mol. The largest absolute Gasteiger partial charge is 0.481 e. The summed E-state index contributed by atoms with van der Waals surface area (Å²) >= 11 is 0. The molecule has 1 unspecified atom stereocenters. The molecule has 0 aliphatic carbocycles. The summed E-state index contributed by atoms with van der Waals surface area (Å²) < 4.78 is 18.9. The number of anilines is 1. The third-order valence-corrected chi connectivity index (χ3v) is 4.02. The molecule has 1 N–H and O–H groups in total. The van der Waals surface area contributed by atoms with E-state index >= 15 is 0 Å². The first-order chi connectivity index (χ1) is 11.6. The van der Waals surface area contributed by atoms with Crippen LogP contribution in [0.2, 0.25) is 0 Å². The van der Waals surface area contributed by atoms with Gasteiger partial charge in [0.25, 0.3) is 0 Å². The van der Waals surface area contributed by atoms with E-state index in [1.165, 1.54) is 23.1 Å². The van der Waals surface area contributed by atoms with Gasteiger partial charge in [-0.05, 0) is 29.7 Å². The van der Waals surface area contributed by atoms with Gasteiger partial charge < -0.3 is 9.84 Å². The molecule has 1 amide bonds. The quantitative estimate of drug-likeness (QED) is 0.935. The number of hydrogen-bond acceptors (Lipinski definition) is 3. The van der Waals surface area contributed by atoms with Crippen LogP contribution in [0.25, 0.3) is 0 Å². The average Bonchev–Trinajstić information content (AvgIpc) is 2.59. The lowest BCUT2D eigenvalue weighted by Crippen LogP contribution is -2.38. The van der Waals surface area contributed by atoms with Crippen molar-refractivity contribution in [3.05, 3.63) is 65.5 Å². The maximum absolute atomic E-state index is 13.6. The molecule has 1 aliphatic rings. The molecule has 0 saturated carbocycles. The molecule has 0 fully saturated rings. The highest BCUT2D eigenvalue weighted by Gasteiger charge is 2.33. The monoisotopic (exact) mass is 329 g/mol. The van der Waals surface area contributed by atoms with E-state index in [2.05, 4.69) is 0 Å². The molecule has 2 aromatic carbocycles. The molecule has 0 bridgehead atoms. The Labute approximate surface area is 138 Å². The first kappa shape index (κ1) is 16.0. The van der Waals surface area contributed by atoms with Crippen molar-refractivity contribution in [2.24, 2.45) is 0 Å². The van der Waals surface area contributed by atoms with Crippen molar-refractivity contribution in [3.8, 4) is 0 Å². The highest BCUT2D eigenvalue weighted by Crippen LogP contribution is 2.36. The van der Waals surface area contributed by atoms with Gasteiger partial charge in [0.2, 0.25) is 0 Å². The number of rotatable bonds is 3.